The maximum Gasteiger partial charge on any atom is 0.351 e. The first-order chi connectivity index (χ1) is 15.7. The maximum atomic E-state index is 11.5. The molecule has 0 bridgehead atoms. The molecule has 0 saturated carbocycles. The number of ether oxygens (including phenoxy) is 2. The Labute approximate surface area is 186 Å². The van der Waals surface area contributed by atoms with Crippen molar-refractivity contribution in [3.05, 3.63) is 45.5 Å². The first-order valence-corrected chi connectivity index (χ1v) is 9.92. The van der Waals surface area contributed by atoms with Crippen LogP contribution in [0.5, 0.6) is 0 Å². The number of aromatic nitrogens is 4. The van der Waals surface area contributed by atoms with Gasteiger partial charge in [0, 0.05) is 18.8 Å². The van der Waals surface area contributed by atoms with Gasteiger partial charge in [-0.05, 0) is 12.1 Å². The van der Waals surface area contributed by atoms with Gasteiger partial charge in [-0.15, -0.1) is 0 Å². The number of rotatable bonds is 4. The molecule has 15 nitrogen and oxygen atoms in total. The van der Waals surface area contributed by atoms with Gasteiger partial charge in [0.2, 0.25) is 0 Å². The van der Waals surface area contributed by atoms with E-state index in [1.807, 2.05) is 0 Å². The zero-order valence-electron chi connectivity index (χ0n) is 17.3. The second kappa shape index (κ2) is 10.3. The zero-order chi connectivity index (χ0) is 24.3. The largest absolute Gasteiger partial charge is 0.394 e. The van der Waals surface area contributed by atoms with Crippen molar-refractivity contribution in [2.75, 3.05) is 24.7 Å². The summed E-state index contributed by atoms with van der Waals surface area (Å²) >= 11 is 0. The summed E-state index contributed by atoms with van der Waals surface area (Å²) in [6.07, 6.45) is -3.60. The van der Waals surface area contributed by atoms with E-state index in [9.17, 15) is 24.9 Å². The average Bonchev–Trinajstić information content (AvgIpc) is 3.28. The monoisotopic (exact) mass is 470 g/mol. The number of hydrogen-bond donors (Lipinski definition) is 7. The summed E-state index contributed by atoms with van der Waals surface area (Å²) < 4.78 is 12.7. The molecule has 7 atom stereocenters. The fourth-order valence-electron chi connectivity index (χ4n) is 3.42. The Balaban J connectivity index is 0.000000186. The van der Waals surface area contributed by atoms with Gasteiger partial charge >= 0.3 is 11.4 Å². The molecule has 9 N–H and O–H groups in total. The molecule has 33 heavy (non-hydrogen) atoms. The minimum atomic E-state index is -1.31. The highest BCUT2D eigenvalue weighted by atomic mass is 16.6. The van der Waals surface area contributed by atoms with Gasteiger partial charge in [0.1, 0.15) is 42.3 Å². The molecule has 4 rings (SSSR count). The highest BCUT2D eigenvalue weighted by Crippen LogP contribution is 2.28. The average molecular weight is 470 g/mol. The van der Waals surface area contributed by atoms with E-state index in [4.69, 9.17) is 31.2 Å². The number of anilines is 2. The molecule has 0 spiro atoms. The van der Waals surface area contributed by atoms with Crippen molar-refractivity contribution in [3.8, 4) is 0 Å². The second-order valence-corrected chi connectivity index (χ2v) is 7.43. The molecule has 4 heterocycles. The summed E-state index contributed by atoms with van der Waals surface area (Å²) in [7, 11) is 0. The Kier molecular flexibility index (Phi) is 7.75. The fraction of sp³-hybridized carbons (Fsp3) is 0.556. The summed E-state index contributed by atoms with van der Waals surface area (Å²) in [5, 5.41) is 46.6. The number of hydrogen-bond acceptors (Lipinski definition) is 13. The van der Waals surface area contributed by atoms with E-state index < -0.39 is 61.0 Å². The Hall–Kier alpha value is -2.92. The van der Waals surface area contributed by atoms with Crippen LogP contribution in [-0.2, 0) is 9.47 Å². The van der Waals surface area contributed by atoms with Crippen molar-refractivity contribution in [3.63, 3.8) is 0 Å². The molecule has 0 aliphatic carbocycles. The minimum Gasteiger partial charge on any atom is -0.394 e. The topological polar surface area (TPSA) is 241 Å². The molecule has 2 aromatic rings. The van der Waals surface area contributed by atoms with Crippen LogP contribution in [0.4, 0.5) is 11.6 Å². The Morgan fingerprint density at radius 2 is 1.42 bits per heavy atom. The first kappa shape index (κ1) is 24.7. The normalized spacial score (nSPS) is 31.2. The molecule has 2 aliphatic heterocycles. The van der Waals surface area contributed by atoms with Gasteiger partial charge in [-0.2, -0.15) is 9.97 Å². The molecule has 2 aliphatic rings. The van der Waals surface area contributed by atoms with E-state index in [1.54, 1.807) is 0 Å². The highest BCUT2D eigenvalue weighted by molar-refractivity contribution is 5.24. The molecule has 2 aromatic heterocycles. The van der Waals surface area contributed by atoms with Crippen molar-refractivity contribution < 1.29 is 35.0 Å². The van der Waals surface area contributed by atoms with E-state index in [1.165, 1.54) is 29.1 Å². The van der Waals surface area contributed by atoms with Gasteiger partial charge in [-0.1, -0.05) is 0 Å². The van der Waals surface area contributed by atoms with Crippen LogP contribution in [0.15, 0.2) is 34.1 Å². The molecule has 15 heteroatoms. The van der Waals surface area contributed by atoms with Gasteiger partial charge in [0.05, 0.1) is 19.3 Å². The predicted molar refractivity (Wildman–Crippen MR) is 110 cm³/mol. The van der Waals surface area contributed by atoms with Crippen LogP contribution >= 0.6 is 0 Å². The molecule has 182 valence electrons. The third-order valence-corrected chi connectivity index (χ3v) is 5.19. The molecule has 2 saturated heterocycles. The summed E-state index contributed by atoms with van der Waals surface area (Å²) in [5.74, 6) is 0.191. The molecule has 0 radical (unpaired) electrons. The Morgan fingerprint density at radius 3 is 1.88 bits per heavy atom. The third-order valence-electron chi connectivity index (χ3n) is 5.19. The van der Waals surface area contributed by atoms with E-state index in [-0.39, 0.29) is 24.7 Å². The first-order valence-electron chi connectivity index (χ1n) is 9.92. The van der Waals surface area contributed by atoms with Gasteiger partial charge in [0.15, 0.2) is 6.23 Å². The third kappa shape index (κ3) is 5.36. The molecule has 0 amide bonds. The van der Waals surface area contributed by atoms with Crippen LogP contribution in [0.3, 0.4) is 0 Å². The van der Waals surface area contributed by atoms with Crippen LogP contribution in [0, 0.1) is 0 Å². The van der Waals surface area contributed by atoms with E-state index in [2.05, 4.69) is 9.97 Å². The van der Waals surface area contributed by atoms with Crippen molar-refractivity contribution >= 4 is 11.6 Å². The van der Waals surface area contributed by atoms with Gasteiger partial charge in [-0.3, -0.25) is 9.13 Å². The van der Waals surface area contributed by atoms with Crippen molar-refractivity contribution in [1.29, 1.82) is 0 Å². The lowest BCUT2D eigenvalue weighted by molar-refractivity contribution is -0.0549. The smallest absolute Gasteiger partial charge is 0.351 e. The Morgan fingerprint density at radius 1 is 0.879 bits per heavy atom. The number of nitrogens with zero attached hydrogens (tertiary/aromatic N) is 4. The van der Waals surface area contributed by atoms with E-state index in [0.29, 0.717) is 0 Å². The van der Waals surface area contributed by atoms with Crippen molar-refractivity contribution in [2.24, 2.45) is 0 Å². The number of nitrogens with two attached hydrogens (primary N) is 2. The van der Waals surface area contributed by atoms with Gasteiger partial charge < -0.3 is 46.5 Å². The van der Waals surface area contributed by atoms with Crippen molar-refractivity contribution in [2.45, 2.75) is 49.4 Å². The summed E-state index contributed by atoms with van der Waals surface area (Å²) in [4.78, 5) is 30.0. The van der Waals surface area contributed by atoms with Gasteiger partial charge in [0.25, 0.3) is 0 Å². The molecule has 2 unspecified atom stereocenters. The lowest BCUT2D eigenvalue weighted by Crippen LogP contribution is -2.36. The quantitative estimate of drug-likeness (QED) is 0.225. The number of nitrogen functional groups attached to an aromatic ring is 2. The lowest BCUT2D eigenvalue weighted by Gasteiger charge is -2.16. The van der Waals surface area contributed by atoms with Crippen LogP contribution in [0.1, 0.15) is 18.9 Å². The number of aliphatic hydroxyl groups excluding tert-OH is 5. The van der Waals surface area contributed by atoms with E-state index in [0.717, 1.165) is 4.57 Å². The lowest BCUT2D eigenvalue weighted by atomic mass is 10.1. The predicted octanol–water partition coefficient (Wildman–Crippen LogP) is -4.10. The maximum absolute atomic E-state index is 11.5. The van der Waals surface area contributed by atoms with Crippen LogP contribution in [0.25, 0.3) is 0 Å². The van der Waals surface area contributed by atoms with Crippen LogP contribution in [-0.4, -0.2) is 88.4 Å². The summed E-state index contributed by atoms with van der Waals surface area (Å²) in [6.45, 7) is -0.735. The molecule has 0 aromatic carbocycles. The second-order valence-electron chi connectivity index (χ2n) is 7.43. The van der Waals surface area contributed by atoms with Crippen LogP contribution < -0.4 is 22.8 Å². The SMILES string of the molecule is Nc1ccn([C@@H]2O[C@H](CO)C(O)[C@H]2O)c(=O)n1.Nc1ccn([C@H]2CC(O)[C@@H](CO)O2)c(=O)n1. The number of aliphatic hydroxyl groups is 5. The minimum absolute atomic E-state index is 0.0537. The fourth-order valence-corrected chi connectivity index (χ4v) is 3.42. The molecular formula is C18H26N6O9. The standard InChI is InChI=1S/C9H13N3O5.C9H13N3O4/c10-5-1-2-12(9(16)11-5)8-7(15)6(14)4(3-13)17-8;10-7-1-2-12(9(15)11-7)8-3-5(14)6(4-13)16-8/h1-2,4,6-8,13-15H,3H2,(H2,10,11,16);1-2,5-6,8,13-14H,3-4H2,(H2,10,11,15)/t4-,6?,7-,8-;5?,6-,8-/m11/s1. The summed E-state index contributed by atoms with van der Waals surface area (Å²) in [6, 6.07) is 2.85. The highest BCUT2D eigenvalue weighted by Gasteiger charge is 2.43. The Bertz CT molecular complexity index is 1060. The zero-order valence-corrected chi connectivity index (χ0v) is 17.3. The summed E-state index contributed by atoms with van der Waals surface area (Å²) in [5.41, 5.74) is 9.45. The van der Waals surface area contributed by atoms with Gasteiger partial charge in [-0.25, -0.2) is 9.59 Å². The van der Waals surface area contributed by atoms with E-state index >= 15 is 0 Å². The van der Waals surface area contributed by atoms with Crippen molar-refractivity contribution in [1.82, 2.24) is 19.1 Å². The molecule has 2 fully saturated rings. The molecular weight excluding hydrogens is 444 g/mol. The van der Waals surface area contributed by atoms with Crippen LogP contribution in [0.2, 0.25) is 0 Å².